The summed E-state index contributed by atoms with van der Waals surface area (Å²) in [6.45, 7) is 0.535. The first-order valence-electron chi connectivity index (χ1n) is 6.24. The smallest absolute Gasteiger partial charge is 0.223 e. The van der Waals surface area contributed by atoms with Crippen LogP contribution >= 0.6 is 24.2 Å². The molecule has 0 fully saturated rings. The number of aromatic nitrogens is 2. The van der Waals surface area contributed by atoms with Crippen LogP contribution in [0.5, 0.6) is 0 Å². The van der Waals surface area contributed by atoms with Crippen molar-refractivity contribution >= 4 is 30.1 Å². The Balaban J connectivity index is 2.08. The molecule has 20 heavy (non-hydrogen) atoms. The van der Waals surface area contributed by atoms with E-state index in [1.54, 1.807) is 22.8 Å². The molecule has 1 aromatic carbocycles. The molecule has 0 radical (unpaired) electrons. The summed E-state index contributed by atoms with van der Waals surface area (Å²) >= 11 is 10.0. The molecule has 2 aromatic rings. The van der Waals surface area contributed by atoms with Gasteiger partial charge in [-0.15, -0.1) is 0 Å². The van der Waals surface area contributed by atoms with Gasteiger partial charge in [-0.2, -0.15) is 17.7 Å². The van der Waals surface area contributed by atoms with Crippen LogP contribution in [0.15, 0.2) is 36.7 Å². The van der Waals surface area contributed by atoms with Crippen molar-refractivity contribution in [3.8, 4) is 5.69 Å². The summed E-state index contributed by atoms with van der Waals surface area (Å²) in [4.78, 5) is 13.4. The maximum absolute atomic E-state index is 11.7. The molecule has 1 heterocycles. The third kappa shape index (κ3) is 3.77. The van der Waals surface area contributed by atoms with Crippen molar-refractivity contribution in [2.45, 2.75) is 13.0 Å². The predicted molar refractivity (Wildman–Crippen MR) is 83.5 cm³/mol. The lowest BCUT2D eigenvalue weighted by atomic mass is 10.3. The molecule has 0 atom stereocenters. The number of rotatable bonds is 5. The molecule has 6 heteroatoms. The van der Waals surface area contributed by atoms with Gasteiger partial charge in [-0.25, -0.2) is 4.68 Å². The average Bonchev–Trinajstić information content (AvgIpc) is 2.87. The number of halogens is 1. The van der Waals surface area contributed by atoms with E-state index in [-0.39, 0.29) is 5.91 Å². The van der Waals surface area contributed by atoms with E-state index in [4.69, 9.17) is 11.6 Å². The monoisotopic (exact) mass is 309 g/mol. The zero-order valence-electron chi connectivity index (χ0n) is 11.2. The van der Waals surface area contributed by atoms with Crippen molar-refractivity contribution in [3.63, 3.8) is 0 Å². The normalized spacial score (nSPS) is 10.6. The lowest BCUT2D eigenvalue weighted by Gasteiger charge is -2.15. The molecule has 1 aromatic heterocycles. The lowest BCUT2D eigenvalue weighted by Crippen LogP contribution is -2.26. The summed E-state index contributed by atoms with van der Waals surface area (Å²) in [5.41, 5.74) is 1.87. The van der Waals surface area contributed by atoms with Crippen LogP contribution in [0, 0.1) is 0 Å². The second kappa shape index (κ2) is 6.81. The van der Waals surface area contributed by atoms with E-state index in [2.05, 4.69) is 17.7 Å². The lowest BCUT2D eigenvalue weighted by molar-refractivity contribution is -0.129. The molecule has 0 spiro atoms. The van der Waals surface area contributed by atoms with E-state index in [0.717, 1.165) is 11.3 Å². The minimum Gasteiger partial charge on any atom is -0.341 e. The zero-order valence-corrected chi connectivity index (χ0v) is 12.8. The summed E-state index contributed by atoms with van der Waals surface area (Å²) < 4.78 is 1.75. The fourth-order valence-electron chi connectivity index (χ4n) is 1.85. The number of carbonyl (C=O) groups excluding carboxylic acids is 1. The predicted octanol–water partition coefficient (Wildman–Crippen LogP) is 2.80. The number of hydrogen-bond donors (Lipinski definition) is 1. The minimum atomic E-state index is 0.0792. The topological polar surface area (TPSA) is 38.1 Å². The van der Waals surface area contributed by atoms with Crippen LogP contribution in [-0.4, -0.2) is 33.4 Å². The molecule has 0 aliphatic rings. The quantitative estimate of drug-likeness (QED) is 0.863. The summed E-state index contributed by atoms with van der Waals surface area (Å²) in [7, 11) is 1.78. The standard InChI is InChI=1S/C14H16ClN3OS/c1-17(14(19)5-6-20)9-11-8-16-18(10-11)13-4-2-3-12(15)7-13/h2-4,7-8,10,20H,5-6,9H2,1H3. The molecule has 1 amide bonds. The molecule has 0 aliphatic heterocycles. The summed E-state index contributed by atoms with van der Waals surface area (Å²) in [5, 5.41) is 4.96. The number of thiol groups is 1. The van der Waals surface area contributed by atoms with Gasteiger partial charge in [0.15, 0.2) is 0 Å². The van der Waals surface area contributed by atoms with Crippen LogP contribution in [0.3, 0.4) is 0 Å². The van der Waals surface area contributed by atoms with Gasteiger partial charge in [0.25, 0.3) is 0 Å². The van der Waals surface area contributed by atoms with E-state index in [0.29, 0.717) is 23.7 Å². The second-order valence-corrected chi connectivity index (χ2v) is 5.38. The van der Waals surface area contributed by atoms with Crippen LogP contribution in [0.2, 0.25) is 5.02 Å². The van der Waals surface area contributed by atoms with Gasteiger partial charge in [-0.1, -0.05) is 17.7 Å². The Hall–Kier alpha value is -1.46. The van der Waals surface area contributed by atoms with E-state index in [1.165, 1.54) is 0 Å². The maximum atomic E-state index is 11.7. The van der Waals surface area contributed by atoms with E-state index in [9.17, 15) is 4.79 Å². The minimum absolute atomic E-state index is 0.0792. The van der Waals surface area contributed by atoms with Crippen molar-refractivity contribution in [2.75, 3.05) is 12.8 Å². The Morgan fingerprint density at radius 2 is 2.30 bits per heavy atom. The molecule has 0 bridgehead atoms. The van der Waals surface area contributed by atoms with Crippen LogP contribution in [0.25, 0.3) is 5.69 Å². The zero-order chi connectivity index (χ0) is 14.5. The van der Waals surface area contributed by atoms with Gasteiger partial charge in [0.1, 0.15) is 0 Å². The van der Waals surface area contributed by atoms with Crippen molar-refractivity contribution in [1.29, 1.82) is 0 Å². The number of amides is 1. The first-order chi connectivity index (χ1) is 9.60. The number of carbonyl (C=O) groups is 1. The average molecular weight is 310 g/mol. The Labute approximate surface area is 128 Å². The van der Waals surface area contributed by atoms with Crippen molar-refractivity contribution < 1.29 is 4.79 Å². The maximum Gasteiger partial charge on any atom is 0.223 e. The van der Waals surface area contributed by atoms with Gasteiger partial charge >= 0.3 is 0 Å². The van der Waals surface area contributed by atoms with Crippen LogP contribution in [0.1, 0.15) is 12.0 Å². The summed E-state index contributed by atoms with van der Waals surface area (Å²) in [5.74, 6) is 0.640. The molecule has 0 N–H and O–H groups in total. The third-order valence-electron chi connectivity index (χ3n) is 2.88. The first-order valence-corrected chi connectivity index (χ1v) is 7.25. The number of benzene rings is 1. The molecule has 0 saturated heterocycles. The molecular formula is C14H16ClN3OS. The van der Waals surface area contributed by atoms with Crippen LogP contribution in [0.4, 0.5) is 0 Å². The summed E-state index contributed by atoms with van der Waals surface area (Å²) in [6, 6.07) is 7.47. The highest BCUT2D eigenvalue weighted by Gasteiger charge is 2.09. The summed E-state index contributed by atoms with van der Waals surface area (Å²) in [6.07, 6.45) is 4.10. The Morgan fingerprint density at radius 1 is 1.50 bits per heavy atom. The van der Waals surface area contributed by atoms with Gasteiger partial charge in [-0.05, 0) is 24.0 Å². The SMILES string of the molecule is CN(Cc1cnn(-c2cccc(Cl)c2)c1)C(=O)CCS. The molecule has 4 nitrogen and oxygen atoms in total. The first kappa shape index (κ1) is 14.9. The second-order valence-electron chi connectivity index (χ2n) is 4.50. The van der Waals surface area contributed by atoms with Crippen molar-refractivity contribution in [3.05, 3.63) is 47.2 Å². The fourth-order valence-corrected chi connectivity index (χ4v) is 2.23. The highest BCUT2D eigenvalue weighted by Crippen LogP contribution is 2.15. The Bertz CT molecular complexity index is 600. The number of nitrogens with zero attached hydrogens (tertiary/aromatic N) is 3. The van der Waals surface area contributed by atoms with Crippen LogP contribution < -0.4 is 0 Å². The highest BCUT2D eigenvalue weighted by atomic mass is 35.5. The Morgan fingerprint density at radius 3 is 3.00 bits per heavy atom. The van der Waals surface area contributed by atoms with E-state index < -0.39 is 0 Å². The van der Waals surface area contributed by atoms with Gasteiger partial charge in [0, 0.05) is 36.8 Å². The molecule has 0 unspecified atom stereocenters. The van der Waals surface area contributed by atoms with Crippen molar-refractivity contribution in [2.24, 2.45) is 0 Å². The van der Waals surface area contributed by atoms with Gasteiger partial charge < -0.3 is 4.90 Å². The number of hydrogen-bond acceptors (Lipinski definition) is 3. The fraction of sp³-hybridized carbons (Fsp3) is 0.286. The third-order valence-corrected chi connectivity index (χ3v) is 3.34. The molecule has 2 rings (SSSR count). The molecule has 106 valence electrons. The van der Waals surface area contributed by atoms with E-state index in [1.807, 2.05) is 30.5 Å². The van der Waals surface area contributed by atoms with E-state index >= 15 is 0 Å². The largest absolute Gasteiger partial charge is 0.341 e. The molecule has 0 aliphatic carbocycles. The van der Waals surface area contributed by atoms with Crippen molar-refractivity contribution in [1.82, 2.24) is 14.7 Å². The van der Waals surface area contributed by atoms with Gasteiger partial charge in [0.2, 0.25) is 5.91 Å². The van der Waals surface area contributed by atoms with Gasteiger partial charge in [-0.3, -0.25) is 4.79 Å². The highest BCUT2D eigenvalue weighted by molar-refractivity contribution is 7.80. The van der Waals surface area contributed by atoms with Gasteiger partial charge in [0.05, 0.1) is 11.9 Å². The Kier molecular flexibility index (Phi) is 5.09. The molecular weight excluding hydrogens is 294 g/mol. The molecule has 0 saturated carbocycles. The van der Waals surface area contributed by atoms with Crippen LogP contribution in [-0.2, 0) is 11.3 Å².